The van der Waals surface area contributed by atoms with Crippen LogP contribution in [0.1, 0.15) is 5.56 Å². The van der Waals surface area contributed by atoms with Crippen molar-refractivity contribution in [3.8, 4) is 0 Å². The number of halogens is 1. The van der Waals surface area contributed by atoms with E-state index in [9.17, 15) is 8.42 Å². The number of rotatable bonds is 4. The Kier molecular flexibility index (Phi) is 4.39. The third kappa shape index (κ3) is 3.46. The Balaban J connectivity index is 2.36. The Hall–Kier alpha value is -1.79. The molecule has 0 unspecified atom stereocenters. The summed E-state index contributed by atoms with van der Waals surface area (Å²) < 4.78 is 27.2. The molecule has 1 N–H and O–H groups in total. The SMILES string of the molecule is Cc1cc(N(C)C)ccc1NS(=O)(=O)c1cnccc1Cl. The van der Waals surface area contributed by atoms with Gasteiger partial charge < -0.3 is 4.90 Å². The van der Waals surface area contributed by atoms with Crippen molar-refractivity contribution in [1.82, 2.24) is 4.98 Å². The van der Waals surface area contributed by atoms with Gasteiger partial charge in [0.25, 0.3) is 10.0 Å². The van der Waals surface area contributed by atoms with E-state index >= 15 is 0 Å². The zero-order chi connectivity index (χ0) is 15.6. The van der Waals surface area contributed by atoms with Gasteiger partial charge in [0.15, 0.2) is 0 Å². The number of benzene rings is 1. The highest BCUT2D eigenvalue weighted by atomic mass is 35.5. The van der Waals surface area contributed by atoms with E-state index in [0.29, 0.717) is 5.69 Å². The fraction of sp³-hybridized carbons (Fsp3) is 0.214. The summed E-state index contributed by atoms with van der Waals surface area (Å²) in [6.07, 6.45) is 2.67. The van der Waals surface area contributed by atoms with Crippen molar-refractivity contribution in [2.45, 2.75) is 11.8 Å². The van der Waals surface area contributed by atoms with Crippen LogP contribution in [0, 0.1) is 6.92 Å². The fourth-order valence-electron chi connectivity index (χ4n) is 1.80. The van der Waals surface area contributed by atoms with E-state index in [2.05, 4.69) is 9.71 Å². The molecule has 2 rings (SSSR count). The van der Waals surface area contributed by atoms with E-state index < -0.39 is 10.0 Å². The van der Waals surface area contributed by atoms with Crippen LogP contribution in [0.5, 0.6) is 0 Å². The molecule has 0 aliphatic rings. The van der Waals surface area contributed by atoms with Gasteiger partial charge in [-0.05, 0) is 36.8 Å². The Bertz CT molecular complexity index is 761. The lowest BCUT2D eigenvalue weighted by Gasteiger charge is -2.16. The molecule has 0 spiro atoms. The van der Waals surface area contributed by atoms with E-state index in [1.165, 1.54) is 18.5 Å². The topological polar surface area (TPSA) is 62.3 Å². The van der Waals surface area contributed by atoms with Gasteiger partial charge in [0.2, 0.25) is 0 Å². The van der Waals surface area contributed by atoms with Gasteiger partial charge in [0, 0.05) is 32.2 Å². The lowest BCUT2D eigenvalue weighted by molar-refractivity contribution is 0.601. The van der Waals surface area contributed by atoms with Crippen molar-refractivity contribution in [2.24, 2.45) is 0 Å². The molecule has 1 heterocycles. The summed E-state index contributed by atoms with van der Waals surface area (Å²) in [6.45, 7) is 1.84. The normalized spacial score (nSPS) is 11.2. The van der Waals surface area contributed by atoms with Crippen LogP contribution in [0.4, 0.5) is 11.4 Å². The minimum Gasteiger partial charge on any atom is -0.378 e. The third-order valence-electron chi connectivity index (χ3n) is 2.99. The van der Waals surface area contributed by atoms with Gasteiger partial charge in [0.1, 0.15) is 4.90 Å². The van der Waals surface area contributed by atoms with Crippen molar-refractivity contribution in [3.63, 3.8) is 0 Å². The van der Waals surface area contributed by atoms with E-state index in [0.717, 1.165) is 11.3 Å². The molecule has 112 valence electrons. The summed E-state index contributed by atoms with van der Waals surface area (Å²) in [4.78, 5) is 5.71. The quantitative estimate of drug-likeness (QED) is 0.939. The Labute approximate surface area is 129 Å². The van der Waals surface area contributed by atoms with E-state index in [1.807, 2.05) is 38.1 Å². The lowest BCUT2D eigenvalue weighted by Crippen LogP contribution is -2.15. The molecular weight excluding hydrogens is 310 g/mol. The largest absolute Gasteiger partial charge is 0.378 e. The van der Waals surface area contributed by atoms with Gasteiger partial charge in [-0.25, -0.2) is 8.42 Å². The van der Waals surface area contributed by atoms with E-state index in [1.54, 1.807) is 6.07 Å². The summed E-state index contributed by atoms with van der Waals surface area (Å²) in [5.41, 5.74) is 2.33. The molecule has 2 aromatic rings. The second-order valence-corrected chi connectivity index (χ2v) is 6.86. The standard InChI is InChI=1S/C14H16ClN3O2S/c1-10-8-11(18(2)3)4-5-13(10)17-21(19,20)14-9-16-7-6-12(14)15/h4-9,17H,1-3H3. The number of aromatic nitrogens is 1. The molecule has 0 radical (unpaired) electrons. The third-order valence-corrected chi connectivity index (χ3v) is 4.83. The van der Waals surface area contributed by atoms with Gasteiger partial charge >= 0.3 is 0 Å². The first-order chi connectivity index (χ1) is 9.81. The van der Waals surface area contributed by atoms with Crippen molar-refractivity contribution >= 4 is 33.0 Å². The van der Waals surface area contributed by atoms with Crippen molar-refractivity contribution < 1.29 is 8.42 Å². The maximum absolute atomic E-state index is 12.3. The highest BCUT2D eigenvalue weighted by Gasteiger charge is 2.19. The molecule has 1 aromatic carbocycles. The van der Waals surface area contributed by atoms with Gasteiger partial charge in [-0.3, -0.25) is 9.71 Å². The van der Waals surface area contributed by atoms with Crippen LogP contribution >= 0.6 is 11.6 Å². The van der Waals surface area contributed by atoms with Crippen LogP contribution in [0.2, 0.25) is 5.02 Å². The van der Waals surface area contributed by atoms with Gasteiger partial charge in [0.05, 0.1) is 10.7 Å². The fourth-order valence-corrected chi connectivity index (χ4v) is 3.36. The van der Waals surface area contributed by atoms with Gasteiger partial charge in [-0.2, -0.15) is 0 Å². The summed E-state index contributed by atoms with van der Waals surface area (Å²) in [5, 5.41) is 0.139. The number of aryl methyl sites for hydroxylation is 1. The molecule has 0 bridgehead atoms. The maximum atomic E-state index is 12.3. The molecule has 5 nitrogen and oxygen atoms in total. The summed E-state index contributed by atoms with van der Waals surface area (Å²) in [7, 11) is 0.0916. The first kappa shape index (κ1) is 15.6. The van der Waals surface area contributed by atoms with Crippen molar-refractivity contribution in [3.05, 3.63) is 47.2 Å². The van der Waals surface area contributed by atoms with E-state index in [-0.39, 0.29) is 9.92 Å². The first-order valence-electron chi connectivity index (χ1n) is 6.21. The average molecular weight is 326 g/mol. The predicted octanol–water partition coefficient (Wildman–Crippen LogP) is 2.91. The molecule has 7 heteroatoms. The highest BCUT2D eigenvalue weighted by molar-refractivity contribution is 7.92. The van der Waals surface area contributed by atoms with Gasteiger partial charge in [-0.1, -0.05) is 11.6 Å². The lowest BCUT2D eigenvalue weighted by atomic mass is 10.2. The Morgan fingerprint density at radius 1 is 1.24 bits per heavy atom. The van der Waals surface area contributed by atoms with Crippen molar-refractivity contribution in [1.29, 1.82) is 0 Å². The monoisotopic (exact) mass is 325 g/mol. The van der Waals surface area contributed by atoms with Crippen LogP contribution in [0.3, 0.4) is 0 Å². The minimum atomic E-state index is -3.76. The van der Waals surface area contributed by atoms with Crippen LogP contribution in [0.15, 0.2) is 41.6 Å². The van der Waals surface area contributed by atoms with Crippen LogP contribution in [-0.2, 0) is 10.0 Å². The number of anilines is 2. The zero-order valence-electron chi connectivity index (χ0n) is 12.0. The summed E-state index contributed by atoms with van der Waals surface area (Å²) in [6, 6.07) is 6.92. The highest BCUT2D eigenvalue weighted by Crippen LogP contribution is 2.26. The van der Waals surface area contributed by atoms with Crippen molar-refractivity contribution in [2.75, 3.05) is 23.7 Å². The second-order valence-electron chi connectivity index (χ2n) is 4.81. The van der Waals surface area contributed by atoms with Crippen LogP contribution < -0.4 is 9.62 Å². The molecule has 1 aromatic heterocycles. The number of sulfonamides is 1. The molecule has 21 heavy (non-hydrogen) atoms. The molecule has 0 fully saturated rings. The smallest absolute Gasteiger partial charge is 0.264 e. The Morgan fingerprint density at radius 2 is 1.95 bits per heavy atom. The summed E-state index contributed by atoms with van der Waals surface area (Å²) >= 11 is 5.92. The predicted molar refractivity (Wildman–Crippen MR) is 85.6 cm³/mol. The second kappa shape index (κ2) is 5.91. The van der Waals surface area contributed by atoms with Gasteiger partial charge in [-0.15, -0.1) is 0 Å². The maximum Gasteiger partial charge on any atom is 0.264 e. The Morgan fingerprint density at radius 3 is 2.52 bits per heavy atom. The molecule has 0 saturated heterocycles. The average Bonchev–Trinajstić information content (AvgIpc) is 2.41. The van der Waals surface area contributed by atoms with Crippen LogP contribution in [0.25, 0.3) is 0 Å². The number of pyridine rings is 1. The zero-order valence-corrected chi connectivity index (χ0v) is 13.5. The molecule has 0 amide bonds. The summed E-state index contributed by atoms with van der Waals surface area (Å²) in [5.74, 6) is 0. The number of nitrogens with one attached hydrogen (secondary N) is 1. The number of nitrogens with zero attached hydrogens (tertiary/aromatic N) is 2. The van der Waals surface area contributed by atoms with Crippen LogP contribution in [-0.4, -0.2) is 27.5 Å². The first-order valence-corrected chi connectivity index (χ1v) is 8.07. The minimum absolute atomic E-state index is 0.0391. The molecule has 0 aliphatic heterocycles. The molecule has 0 atom stereocenters. The number of hydrogen-bond donors (Lipinski definition) is 1. The molecule has 0 saturated carbocycles. The molecular formula is C14H16ClN3O2S. The van der Waals surface area contributed by atoms with E-state index in [4.69, 9.17) is 11.6 Å². The number of hydrogen-bond acceptors (Lipinski definition) is 4. The molecule has 0 aliphatic carbocycles.